The minimum atomic E-state index is 0.0170. The van der Waals surface area contributed by atoms with Gasteiger partial charge in [-0.3, -0.25) is 4.98 Å². The van der Waals surface area contributed by atoms with Crippen LogP contribution in [0.4, 0.5) is 5.69 Å². The number of nitrogens with one attached hydrogen (secondary N) is 1. The Morgan fingerprint density at radius 2 is 2.10 bits per heavy atom. The molecule has 0 aliphatic carbocycles. The number of pyridine rings is 1. The van der Waals surface area contributed by atoms with E-state index in [-0.39, 0.29) is 5.57 Å². The molecule has 0 spiro atoms. The van der Waals surface area contributed by atoms with E-state index in [9.17, 15) is 0 Å². The van der Waals surface area contributed by atoms with Gasteiger partial charge in [0.25, 0.3) is 0 Å². The highest BCUT2D eigenvalue weighted by atomic mass is 16.5. The summed E-state index contributed by atoms with van der Waals surface area (Å²) in [5.74, 6) is 1.38. The van der Waals surface area contributed by atoms with Crippen molar-refractivity contribution in [3.63, 3.8) is 0 Å². The molecule has 0 fully saturated rings. The summed E-state index contributed by atoms with van der Waals surface area (Å²) >= 11 is 0. The third kappa shape index (κ3) is 3.82. The van der Waals surface area contributed by atoms with Crippen molar-refractivity contribution in [2.75, 3.05) is 5.32 Å². The van der Waals surface area contributed by atoms with Crippen molar-refractivity contribution in [3.05, 3.63) is 60.1 Å². The third-order valence-corrected chi connectivity index (χ3v) is 2.66. The summed E-state index contributed by atoms with van der Waals surface area (Å²) in [6.45, 7) is 1.91. The smallest absolute Gasteiger partial charge is 0.145 e. The van der Waals surface area contributed by atoms with E-state index >= 15 is 0 Å². The van der Waals surface area contributed by atoms with Gasteiger partial charge in [-0.15, -0.1) is 0 Å². The molecule has 0 aliphatic rings. The van der Waals surface area contributed by atoms with Gasteiger partial charge in [-0.1, -0.05) is 0 Å². The van der Waals surface area contributed by atoms with Crippen LogP contribution < -0.4 is 10.1 Å². The SMILES string of the molecule is Cc1cc(NC=C(C#N)C#N)ccc1Oc1cccnc1. The Labute approximate surface area is 122 Å². The zero-order chi connectivity index (χ0) is 15.1. The number of anilines is 1. The summed E-state index contributed by atoms with van der Waals surface area (Å²) in [6, 6.07) is 12.7. The van der Waals surface area contributed by atoms with Crippen LogP contribution in [0.2, 0.25) is 0 Å². The molecule has 0 bridgehead atoms. The minimum Gasteiger partial charge on any atom is -0.455 e. The fourth-order valence-corrected chi connectivity index (χ4v) is 1.63. The van der Waals surface area contributed by atoms with Crippen LogP contribution in [-0.2, 0) is 0 Å². The largest absolute Gasteiger partial charge is 0.455 e. The molecule has 1 aromatic carbocycles. The van der Waals surface area contributed by atoms with Gasteiger partial charge >= 0.3 is 0 Å². The van der Waals surface area contributed by atoms with Gasteiger partial charge in [0, 0.05) is 18.1 Å². The fraction of sp³-hybridized carbons (Fsp3) is 0.0625. The predicted molar refractivity (Wildman–Crippen MR) is 78.4 cm³/mol. The van der Waals surface area contributed by atoms with Crippen molar-refractivity contribution < 1.29 is 4.74 Å². The Balaban J connectivity index is 2.13. The monoisotopic (exact) mass is 276 g/mol. The molecule has 1 aromatic heterocycles. The zero-order valence-electron chi connectivity index (χ0n) is 11.4. The van der Waals surface area contributed by atoms with Crippen LogP contribution in [-0.4, -0.2) is 4.98 Å². The number of ether oxygens (including phenoxy) is 1. The van der Waals surface area contributed by atoms with Gasteiger partial charge in [0.15, 0.2) is 0 Å². The van der Waals surface area contributed by atoms with Crippen molar-refractivity contribution in [2.24, 2.45) is 0 Å². The van der Waals surface area contributed by atoms with Gasteiger partial charge in [-0.2, -0.15) is 10.5 Å². The van der Waals surface area contributed by atoms with Crippen LogP contribution in [0.3, 0.4) is 0 Å². The van der Waals surface area contributed by atoms with Crippen molar-refractivity contribution in [3.8, 4) is 23.6 Å². The minimum absolute atomic E-state index is 0.0170. The highest BCUT2D eigenvalue weighted by Crippen LogP contribution is 2.26. The van der Waals surface area contributed by atoms with Crippen molar-refractivity contribution >= 4 is 5.69 Å². The van der Waals surface area contributed by atoms with E-state index in [1.807, 2.05) is 31.2 Å². The molecule has 1 N–H and O–H groups in total. The Bertz CT molecular complexity index is 723. The van der Waals surface area contributed by atoms with Crippen LogP contribution in [0.1, 0.15) is 5.56 Å². The normalized spacial score (nSPS) is 9.10. The second kappa shape index (κ2) is 6.74. The number of allylic oxidation sites excluding steroid dienone is 1. The number of hydrogen-bond donors (Lipinski definition) is 1. The first-order valence-electron chi connectivity index (χ1n) is 6.18. The number of nitrogens with zero attached hydrogens (tertiary/aromatic N) is 3. The molecule has 0 saturated carbocycles. The Morgan fingerprint density at radius 3 is 2.71 bits per heavy atom. The number of hydrogen-bond acceptors (Lipinski definition) is 5. The lowest BCUT2D eigenvalue weighted by Crippen LogP contribution is -1.93. The average molecular weight is 276 g/mol. The third-order valence-electron chi connectivity index (χ3n) is 2.66. The second-order valence-corrected chi connectivity index (χ2v) is 4.20. The van der Waals surface area contributed by atoms with Crippen LogP contribution in [0.5, 0.6) is 11.5 Å². The molecular weight excluding hydrogens is 264 g/mol. The van der Waals surface area contributed by atoms with E-state index in [0.717, 1.165) is 17.0 Å². The number of aromatic nitrogens is 1. The average Bonchev–Trinajstić information content (AvgIpc) is 2.52. The summed E-state index contributed by atoms with van der Waals surface area (Å²) in [7, 11) is 0. The predicted octanol–water partition coefficient (Wildman–Crippen LogP) is 3.53. The highest BCUT2D eigenvalue weighted by molar-refractivity contribution is 5.54. The van der Waals surface area contributed by atoms with Gasteiger partial charge in [-0.05, 0) is 42.8 Å². The zero-order valence-corrected chi connectivity index (χ0v) is 11.4. The van der Waals surface area contributed by atoms with Crippen molar-refractivity contribution in [2.45, 2.75) is 6.92 Å². The summed E-state index contributed by atoms with van der Waals surface area (Å²) in [5.41, 5.74) is 1.71. The summed E-state index contributed by atoms with van der Waals surface area (Å²) in [6.07, 6.45) is 4.69. The summed E-state index contributed by atoms with van der Waals surface area (Å²) in [4.78, 5) is 3.99. The standard InChI is InChI=1S/C16H12N4O/c1-12-7-14(20-10-13(8-17)9-18)4-5-16(12)21-15-3-2-6-19-11-15/h2-7,10-11,20H,1H3. The number of benzene rings is 1. The highest BCUT2D eigenvalue weighted by Gasteiger charge is 2.03. The first-order chi connectivity index (χ1) is 10.2. The van der Waals surface area contributed by atoms with E-state index in [1.165, 1.54) is 6.20 Å². The first kappa shape index (κ1) is 14.1. The number of rotatable bonds is 4. The maximum atomic E-state index is 8.66. The van der Waals surface area contributed by atoms with Gasteiger partial charge in [0.05, 0.1) is 6.20 Å². The lowest BCUT2D eigenvalue weighted by molar-refractivity contribution is 0.476. The molecule has 21 heavy (non-hydrogen) atoms. The molecule has 0 aliphatic heterocycles. The molecule has 1 heterocycles. The Kier molecular flexibility index (Phi) is 4.53. The maximum absolute atomic E-state index is 8.66. The molecular formula is C16H12N4O. The molecule has 0 radical (unpaired) electrons. The quantitative estimate of drug-likeness (QED) is 0.864. The van der Waals surface area contributed by atoms with E-state index in [2.05, 4.69) is 10.3 Å². The fourth-order valence-electron chi connectivity index (χ4n) is 1.63. The molecule has 102 valence electrons. The van der Waals surface area contributed by atoms with Gasteiger partial charge < -0.3 is 10.1 Å². The van der Waals surface area contributed by atoms with E-state index in [1.54, 1.807) is 30.6 Å². The number of aryl methyl sites for hydroxylation is 1. The first-order valence-corrected chi connectivity index (χ1v) is 6.18. The molecule has 0 amide bonds. The molecule has 5 nitrogen and oxygen atoms in total. The topological polar surface area (TPSA) is 81.7 Å². The molecule has 2 rings (SSSR count). The van der Waals surface area contributed by atoms with Crippen LogP contribution in [0.15, 0.2) is 54.5 Å². The van der Waals surface area contributed by atoms with E-state index in [0.29, 0.717) is 5.75 Å². The number of nitriles is 2. The van der Waals surface area contributed by atoms with E-state index in [4.69, 9.17) is 15.3 Å². The van der Waals surface area contributed by atoms with Crippen molar-refractivity contribution in [1.29, 1.82) is 10.5 Å². The molecule has 2 aromatic rings. The Morgan fingerprint density at radius 1 is 1.29 bits per heavy atom. The lowest BCUT2D eigenvalue weighted by atomic mass is 10.2. The second-order valence-electron chi connectivity index (χ2n) is 4.20. The van der Waals surface area contributed by atoms with Gasteiger partial charge in [0.2, 0.25) is 0 Å². The van der Waals surface area contributed by atoms with Gasteiger partial charge in [-0.25, -0.2) is 0 Å². The molecule has 0 unspecified atom stereocenters. The summed E-state index contributed by atoms with van der Waals surface area (Å²) < 4.78 is 5.72. The van der Waals surface area contributed by atoms with Crippen LogP contribution in [0.25, 0.3) is 0 Å². The van der Waals surface area contributed by atoms with E-state index < -0.39 is 0 Å². The molecule has 5 heteroatoms. The maximum Gasteiger partial charge on any atom is 0.145 e. The Hall–Kier alpha value is -3.31. The van der Waals surface area contributed by atoms with Gasteiger partial charge in [0.1, 0.15) is 29.2 Å². The molecule has 0 saturated heterocycles. The molecule has 0 atom stereocenters. The summed E-state index contributed by atoms with van der Waals surface area (Å²) in [5, 5.41) is 20.2. The van der Waals surface area contributed by atoms with Crippen LogP contribution in [0, 0.1) is 29.6 Å². The lowest BCUT2D eigenvalue weighted by Gasteiger charge is -2.10. The van der Waals surface area contributed by atoms with Crippen molar-refractivity contribution in [1.82, 2.24) is 4.98 Å². The van der Waals surface area contributed by atoms with Crippen LogP contribution >= 0.6 is 0 Å².